The predicted molar refractivity (Wildman–Crippen MR) is 295 cm³/mol. The Bertz CT molecular complexity index is 3660. The quantitative estimate of drug-likeness (QED) is 0.0558. The molecule has 0 bridgehead atoms. The number of hydrogen-bond acceptors (Lipinski definition) is 16. The number of ketones is 1. The number of nitrogens with two attached hydrogens (primary N) is 1. The van der Waals surface area contributed by atoms with E-state index in [2.05, 4.69) is 9.97 Å². The number of pyridine rings is 2. The van der Waals surface area contributed by atoms with Crippen LogP contribution in [0.15, 0.2) is 143 Å². The molecule has 2 N–H and O–H groups in total. The largest absolute Gasteiger partial charge is 0.481 e. The number of cyclic esters (lactones) is 2. The van der Waals surface area contributed by atoms with Crippen molar-refractivity contribution in [2.24, 2.45) is 5.73 Å². The molecule has 20 nitrogen and oxygen atoms in total. The van der Waals surface area contributed by atoms with Crippen molar-refractivity contribution >= 4 is 58.0 Å². The Balaban J connectivity index is 0.000000184. The number of fused-ring (bicyclic) bond motifs is 2. The number of carbonyl (C=O) groups excluding carboxylic acids is 4. The highest BCUT2D eigenvalue weighted by molar-refractivity contribution is 6.00. The van der Waals surface area contributed by atoms with Gasteiger partial charge in [0, 0.05) is 53.5 Å². The number of halogens is 2. The van der Waals surface area contributed by atoms with Crippen LogP contribution in [0, 0.1) is 11.6 Å². The van der Waals surface area contributed by atoms with E-state index in [1.807, 2.05) is 74.8 Å². The number of carbonyl (C=O) groups is 4. The Labute approximate surface area is 457 Å². The summed E-state index contributed by atoms with van der Waals surface area (Å²) >= 11 is 0. The SMILES string of the molecule is CN(C)c1cc(N2CCOC2=O)c2nc(C(=O)CCc3ccc(F)cc3)c(OCc3ccccc3)c(=O)n2c1.COC(=O)c1nc2c(N3CCOC3=O)cc(N(C)C)cn2c(=O)c1OCc1ccccc1.NCc1ccc(F)cc1. The van der Waals surface area contributed by atoms with E-state index in [0.29, 0.717) is 42.3 Å². The number of benzene rings is 4. The molecule has 0 radical (unpaired) electrons. The van der Waals surface area contributed by atoms with Gasteiger partial charge in [-0.2, -0.15) is 0 Å². The zero-order chi connectivity index (χ0) is 57.0. The third-order valence-corrected chi connectivity index (χ3v) is 12.6. The average Bonchev–Trinajstić information content (AvgIpc) is 4.26. The lowest BCUT2D eigenvalue weighted by atomic mass is 10.1. The minimum Gasteiger partial charge on any atom is -0.481 e. The molecule has 0 atom stereocenters. The van der Waals surface area contributed by atoms with Crippen molar-refractivity contribution in [1.29, 1.82) is 0 Å². The normalized spacial score (nSPS) is 12.7. The number of aromatic nitrogens is 4. The molecule has 0 spiro atoms. The fourth-order valence-electron chi connectivity index (χ4n) is 8.29. The van der Waals surface area contributed by atoms with Gasteiger partial charge in [-0.3, -0.25) is 33.0 Å². The van der Waals surface area contributed by atoms with Gasteiger partial charge in [0.1, 0.15) is 38.1 Å². The molecule has 80 heavy (non-hydrogen) atoms. The number of methoxy groups -OCH3 is 1. The fraction of sp³-hybridized carbons (Fsp3) is 0.241. The van der Waals surface area contributed by atoms with Crippen molar-refractivity contribution in [2.75, 3.05) is 81.2 Å². The standard InChI is InChI=1S/C29H27FN4O5.C22H22N4O6.C7H8FN/c1-32(2)22-16-23(33-14-15-38-29(33)37)27-31-25(24(35)13-10-19-8-11-21(30)12-9-19)26(28(36)34(27)17-22)39-18-20-6-4-3-5-7-20;1-24(2)15-11-16(25-9-10-31-22(25)29)19-23-17(21(28)30-3)18(20(27)26(19)12-15)32-13-14-7-5-4-6-8-14;8-7-3-1-6(5-9)2-4-7/h3-9,11-12,16-17H,10,13-15,18H2,1-2H3;4-8,11-12H,9-10,13H2,1-3H3;1-4H,5,9H2. The van der Waals surface area contributed by atoms with Gasteiger partial charge in [0.2, 0.25) is 11.5 Å². The van der Waals surface area contributed by atoms with Crippen LogP contribution in [-0.4, -0.2) is 104 Å². The zero-order valence-corrected chi connectivity index (χ0v) is 44.5. The Morgan fingerprint density at radius 1 is 0.600 bits per heavy atom. The van der Waals surface area contributed by atoms with Crippen LogP contribution in [0.25, 0.3) is 11.3 Å². The van der Waals surface area contributed by atoms with Crippen molar-refractivity contribution in [3.05, 3.63) is 200 Å². The minimum absolute atomic E-state index is 0.0206. The highest BCUT2D eigenvalue weighted by Gasteiger charge is 2.32. The Hall–Kier alpha value is -9.70. The molecule has 0 unspecified atom stereocenters. The van der Waals surface area contributed by atoms with Gasteiger partial charge in [0.15, 0.2) is 28.5 Å². The molecule has 2 aliphatic rings. The molecule has 2 fully saturated rings. The first kappa shape index (κ1) is 56.5. The van der Waals surface area contributed by atoms with E-state index in [1.54, 1.807) is 72.7 Å². The van der Waals surface area contributed by atoms with Crippen LogP contribution < -0.4 is 45.9 Å². The third-order valence-electron chi connectivity index (χ3n) is 12.6. The van der Waals surface area contributed by atoms with Gasteiger partial charge >= 0.3 is 29.3 Å². The number of anilines is 4. The van der Waals surface area contributed by atoms with E-state index < -0.39 is 35.1 Å². The second kappa shape index (κ2) is 25.6. The van der Waals surface area contributed by atoms with E-state index in [-0.39, 0.29) is 85.2 Å². The summed E-state index contributed by atoms with van der Waals surface area (Å²) in [5.74, 6) is -2.22. The van der Waals surface area contributed by atoms with Crippen molar-refractivity contribution in [1.82, 2.24) is 18.8 Å². The molecular formula is C58H57F2N9O11. The van der Waals surface area contributed by atoms with Crippen LogP contribution in [0.5, 0.6) is 11.5 Å². The summed E-state index contributed by atoms with van der Waals surface area (Å²) < 4.78 is 54.8. The summed E-state index contributed by atoms with van der Waals surface area (Å²) in [6.07, 6.45) is 2.40. The molecule has 0 saturated carbocycles. The lowest BCUT2D eigenvalue weighted by Gasteiger charge is -2.21. The zero-order valence-electron chi connectivity index (χ0n) is 44.5. The fourth-order valence-corrected chi connectivity index (χ4v) is 8.29. The average molecular weight is 1090 g/mol. The van der Waals surface area contributed by atoms with Crippen molar-refractivity contribution in [2.45, 2.75) is 32.6 Å². The van der Waals surface area contributed by atoms with Crippen molar-refractivity contribution in [3.8, 4) is 11.5 Å². The summed E-state index contributed by atoms with van der Waals surface area (Å²) in [6.45, 7) is 1.57. The first-order chi connectivity index (χ1) is 38.5. The second-order valence-electron chi connectivity index (χ2n) is 18.5. The molecule has 8 aromatic rings. The maximum absolute atomic E-state index is 13.9. The number of esters is 1. The number of rotatable bonds is 16. The number of aryl methyl sites for hydroxylation is 1. The molecule has 10 rings (SSSR count). The van der Waals surface area contributed by atoms with E-state index in [0.717, 1.165) is 22.3 Å². The van der Waals surface area contributed by atoms with Crippen molar-refractivity contribution < 1.29 is 51.6 Å². The summed E-state index contributed by atoms with van der Waals surface area (Å²) in [5, 5.41) is 0. The van der Waals surface area contributed by atoms with E-state index in [4.69, 9.17) is 29.4 Å². The smallest absolute Gasteiger partial charge is 0.414 e. The highest BCUT2D eigenvalue weighted by atomic mass is 19.1. The lowest BCUT2D eigenvalue weighted by molar-refractivity contribution is 0.0587. The Morgan fingerprint density at radius 3 is 1.43 bits per heavy atom. The summed E-state index contributed by atoms with van der Waals surface area (Å²) in [7, 11) is 8.43. The van der Waals surface area contributed by atoms with Gasteiger partial charge < -0.3 is 39.2 Å². The van der Waals surface area contributed by atoms with Crippen LogP contribution >= 0.6 is 0 Å². The van der Waals surface area contributed by atoms with Crippen LogP contribution in [0.1, 0.15) is 49.7 Å². The Morgan fingerprint density at radius 2 is 1.02 bits per heavy atom. The van der Waals surface area contributed by atoms with Gasteiger partial charge in [0.05, 0.1) is 42.9 Å². The second-order valence-corrected chi connectivity index (χ2v) is 18.5. The van der Waals surface area contributed by atoms with Crippen molar-refractivity contribution in [3.63, 3.8) is 0 Å². The molecule has 22 heteroatoms. The summed E-state index contributed by atoms with van der Waals surface area (Å²) in [6, 6.07) is 34.0. The van der Waals surface area contributed by atoms with Crippen LogP contribution in [0.2, 0.25) is 0 Å². The topological polar surface area (TPSA) is 222 Å². The third kappa shape index (κ3) is 13.2. The monoisotopic (exact) mass is 1090 g/mol. The van der Waals surface area contributed by atoms with E-state index in [9.17, 15) is 37.5 Å². The van der Waals surface area contributed by atoms with Gasteiger partial charge in [0.25, 0.3) is 0 Å². The van der Waals surface area contributed by atoms with Gasteiger partial charge in [-0.25, -0.2) is 33.1 Å². The van der Waals surface area contributed by atoms with Crippen LogP contribution in [-0.2, 0) is 40.4 Å². The molecule has 2 saturated heterocycles. The molecule has 414 valence electrons. The lowest BCUT2D eigenvalue weighted by Crippen LogP contribution is -2.29. The number of ether oxygens (including phenoxy) is 5. The van der Waals surface area contributed by atoms with E-state index >= 15 is 0 Å². The van der Waals surface area contributed by atoms with Crippen LogP contribution in [0.3, 0.4) is 0 Å². The maximum Gasteiger partial charge on any atom is 0.414 e. The number of amides is 2. The predicted octanol–water partition coefficient (Wildman–Crippen LogP) is 7.62. The molecule has 0 aliphatic carbocycles. The minimum atomic E-state index is -0.820. The summed E-state index contributed by atoms with van der Waals surface area (Å²) in [5.41, 5.74) is 9.33. The molecule has 4 aromatic carbocycles. The van der Waals surface area contributed by atoms with E-state index in [1.165, 1.54) is 50.0 Å². The van der Waals surface area contributed by atoms with Gasteiger partial charge in [-0.15, -0.1) is 0 Å². The molecule has 4 aromatic heterocycles. The first-order valence-corrected chi connectivity index (χ1v) is 25.1. The highest BCUT2D eigenvalue weighted by Crippen LogP contribution is 2.32. The first-order valence-electron chi connectivity index (χ1n) is 25.1. The van der Waals surface area contributed by atoms with Gasteiger partial charge in [-0.05, 0) is 65.1 Å². The van der Waals surface area contributed by atoms with Crippen LogP contribution in [0.4, 0.5) is 41.1 Å². The number of hydrogen-bond donors (Lipinski definition) is 1. The Kier molecular flexibility index (Phi) is 18.1. The molecule has 2 amide bonds. The molecule has 2 aliphatic heterocycles. The maximum atomic E-state index is 13.9. The summed E-state index contributed by atoms with van der Waals surface area (Å²) in [4.78, 5) is 93.4. The number of nitrogens with zero attached hydrogens (tertiary/aromatic N) is 8. The number of Topliss-reactive ketones (excluding diaryl/α,β-unsaturated/α-hetero) is 1. The molecular weight excluding hydrogens is 1040 g/mol. The molecule has 6 heterocycles. The van der Waals surface area contributed by atoms with Gasteiger partial charge in [-0.1, -0.05) is 84.9 Å².